The van der Waals surface area contributed by atoms with Crippen molar-refractivity contribution in [1.29, 1.82) is 0 Å². The van der Waals surface area contributed by atoms with E-state index >= 15 is 0 Å². The quantitative estimate of drug-likeness (QED) is 0.596. The van der Waals surface area contributed by atoms with Crippen molar-refractivity contribution in [3.63, 3.8) is 0 Å². The first-order valence-electron chi connectivity index (χ1n) is 6.75. The van der Waals surface area contributed by atoms with Crippen LogP contribution in [0, 0.1) is 18.8 Å². The molecule has 0 saturated heterocycles. The van der Waals surface area contributed by atoms with Gasteiger partial charge in [-0.3, -0.25) is 4.79 Å². The van der Waals surface area contributed by atoms with Gasteiger partial charge in [0, 0.05) is 20.3 Å². The molecule has 1 heterocycles. The fraction of sp³-hybridized carbons (Fsp3) is 0.533. The molecule has 20 heavy (non-hydrogen) atoms. The predicted molar refractivity (Wildman–Crippen MR) is 83.0 cm³/mol. The third-order valence-electron chi connectivity index (χ3n) is 2.76. The van der Waals surface area contributed by atoms with Crippen molar-refractivity contribution < 1.29 is 9.53 Å². The number of aryl methyl sites for hydroxylation is 1. The topological polar surface area (TPSA) is 64.3 Å². The Morgan fingerprint density at radius 1 is 1.45 bits per heavy atom. The van der Waals surface area contributed by atoms with Gasteiger partial charge in [0.15, 0.2) is 0 Å². The van der Waals surface area contributed by atoms with Gasteiger partial charge in [0.05, 0.1) is 16.3 Å². The maximum absolute atomic E-state index is 12.0. The van der Waals surface area contributed by atoms with E-state index in [-0.39, 0.29) is 5.91 Å². The molecule has 1 rings (SSSR count). The number of hydrogen-bond donors (Lipinski definition) is 2. The molecule has 5 heteroatoms. The van der Waals surface area contributed by atoms with Gasteiger partial charge in [-0.05, 0) is 37.8 Å². The lowest BCUT2D eigenvalue weighted by Gasteiger charge is -2.03. The summed E-state index contributed by atoms with van der Waals surface area (Å²) in [5.74, 6) is 5.78. The van der Waals surface area contributed by atoms with Crippen molar-refractivity contribution >= 4 is 17.2 Å². The lowest BCUT2D eigenvalue weighted by atomic mass is 10.2. The normalized spacial score (nSPS) is 9.95. The van der Waals surface area contributed by atoms with Gasteiger partial charge in [0.2, 0.25) is 0 Å². The van der Waals surface area contributed by atoms with Gasteiger partial charge in [0.25, 0.3) is 5.91 Å². The first-order chi connectivity index (χ1) is 9.69. The number of amides is 1. The van der Waals surface area contributed by atoms with Crippen molar-refractivity contribution in [2.45, 2.75) is 26.2 Å². The molecule has 1 amide bonds. The molecular weight excluding hydrogens is 272 g/mol. The number of thiophene rings is 1. The zero-order chi connectivity index (χ0) is 14.8. The van der Waals surface area contributed by atoms with E-state index in [4.69, 9.17) is 10.5 Å². The van der Waals surface area contributed by atoms with Gasteiger partial charge in [0.1, 0.15) is 0 Å². The summed E-state index contributed by atoms with van der Waals surface area (Å²) in [5.41, 5.74) is 6.38. The standard InChI is InChI=1S/C15H22N2O2S/c1-12-11-14(20-13(12)7-6-8-16)15(18)17-9-4-3-5-10-19-2/h11H,3-5,8-10,16H2,1-2H3,(H,17,18). The zero-order valence-corrected chi connectivity index (χ0v) is 12.9. The van der Waals surface area contributed by atoms with Crippen LogP contribution in [-0.4, -0.2) is 32.7 Å². The van der Waals surface area contributed by atoms with Crippen molar-refractivity contribution in [3.05, 3.63) is 21.4 Å². The van der Waals surface area contributed by atoms with E-state index in [0.29, 0.717) is 18.0 Å². The largest absolute Gasteiger partial charge is 0.385 e. The second kappa shape index (κ2) is 9.54. The summed E-state index contributed by atoms with van der Waals surface area (Å²) in [6.07, 6.45) is 3.06. The highest BCUT2D eigenvalue weighted by molar-refractivity contribution is 7.14. The molecule has 0 aliphatic carbocycles. The van der Waals surface area contributed by atoms with Crippen LogP contribution >= 0.6 is 11.3 Å². The molecule has 3 N–H and O–H groups in total. The van der Waals surface area contributed by atoms with E-state index in [1.165, 1.54) is 11.3 Å². The molecule has 0 unspecified atom stereocenters. The van der Waals surface area contributed by atoms with Gasteiger partial charge in [-0.1, -0.05) is 11.8 Å². The van der Waals surface area contributed by atoms with Crippen LogP contribution in [0.2, 0.25) is 0 Å². The SMILES string of the molecule is COCCCCCNC(=O)c1cc(C)c(C#CCN)s1. The summed E-state index contributed by atoms with van der Waals surface area (Å²) in [7, 11) is 1.70. The van der Waals surface area contributed by atoms with E-state index in [1.807, 2.05) is 13.0 Å². The van der Waals surface area contributed by atoms with Gasteiger partial charge in [-0.2, -0.15) is 0 Å². The third kappa shape index (κ3) is 5.74. The zero-order valence-electron chi connectivity index (χ0n) is 12.1. The second-order valence-corrected chi connectivity index (χ2v) is 5.49. The summed E-state index contributed by atoms with van der Waals surface area (Å²) in [4.78, 5) is 13.6. The Balaban J connectivity index is 2.40. The number of carbonyl (C=O) groups excluding carboxylic acids is 1. The molecule has 0 saturated carbocycles. The van der Waals surface area contributed by atoms with Crippen LogP contribution in [0.4, 0.5) is 0 Å². The minimum Gasteiger partial charge on any atom is -0.385 e. The van der Waals surface area contributed by atoms with Gasteiger partial charge >= 0.3 is 0 Å². The summed E-state index contributed by atoms with van der Waals surface area (Å²) in [6.45, 7) is 3.77. The molecule has 0 bridgehead atoms. The maximum atomic E-state index is 12.0. The summed E-state index contributed by atoms with van der Waals surface area (Å²) < 4.78 is 4.98. The van der Waals surface area contributed by atoms with E-state index in [2.05, 4.69) is 17.2 Å². The average Bonchev–Trinajstić information content (AvgIpc) is 2.81. The number of nitrogens with two attached hydrogens (primary N) is 1. The van der Waals surface area contributed by atoms with Crippen LogP contribution in [0.1, 0.15) is 39.4 Å². The first kappa shape index (κ1) is 16.7. The van der Waals surface area contributed by atoms with E-state index < -0.39 is 0 Å². The molecule has 1 aromatic rings. The average molecular weight is 294 g/mol. The van der Waals surface area contributed by atoms with Crippen molar-refractivity contribution in [2.75, 3.05) is 26.8 Å². The highest BCUT2D eigenvalue weighted by Crippen LogP contribution is 2.20. The maximum Gasteiger partial charge on any atom is 0.261 e. The number of rotatable bonds is 7. The van der Waals surface area contributed by atoms with Crippen LogP contribution in [-0.2, 0) is 4.74 Å². The Bertz CT molecular complexity index is 486. The molecule has 0 fully saturated rings. The van der Waals surface area contributed by atoms with Crippen LogP contribution in [0.5, 0.6) is 0 Å². The van der Waals surface area contributed by atoms with Crippen LogP contribution in [0.3, 0.4) is 0 Å². The molecule has 1 aromatic heterocycles. The summed E-state index contributed by atoms with van der Waals surface area (Å²) >= 11 is 1.42. The Hall–Kier alpha value is -1.35. The van der Waals surface area contributed by atoms with Crippen molar-refractivity contribution in [1.82, 2.24) is 5.32 Å². The summed E-state index contributed by atoms with van der Waals surface area (Å²) in [5, 5.41) is 2.93. The second-order valence-electron chi connectivity index (χ2n) is 4.44. The highest BCUT2D eigenvalue weighted by Gasteiger charge is 2.10. The molecule has 0 spiro atoms. The minimum atomic E-state index is -0.0226. The molecule has 0 aromatic carbocycles. The highest BCUT2D eigenvalue weighted by atomic mass is 32.1. The van der Waals surface area contributed by atoms with Crippen LogP contribution in [0.15, 0.2) is 6.07 Å². The minimum absolute atomic E-state index is 0.0226. The molecule has 0 aliphatic heterocycles. The number of hydrogen-bond acceptors (Lipinski definition) is 4. The van der Waals surface area contributed by atoms with Crippen molar-refractivity contribution in [2.24, 2.45) is 5.73 Å². The Labute approximate surface area is 124 Å². The number of ether oxygens (including phenoxy) is 1. The smallest absolute Gasteiger partial charge is 0.261 e. The third-order valence-corrected chi connectivity index (χ3v) is 3.91. The predicted octanol–water partition coefficient (Wildman–Crippen LogP) is 1.91. The Morgan fingerprint density at radius 2 is 2.25 bits per heavy atom. The summed E-state index contributed by atoms with van der Waals surface area (Å²) in [6, 6.07) is 1.88. The number of carbonyl (C=O) groups is 1. The monoisotopic (exact) mass is 294 g/mol. The first-order valence-corrected chi connectivity index (χ1v) is 7.57. The lowest BCUT2D eigenvalue weighted by Crippen LogP contribution is -2.23. The molecule has 0 atom stereocenters. The van der Waals surface area contributed by atoms with Crippen molar-refractivity contribution in [3.8, 4) is 11.8 Å². The van der Waals surface area contributed by atoms with Crippen LogP contribution in [0.25, 0.3) is 0 Å². The van der Waals surface area contributed by atoms with Gasteiger partial charge in [-0.15, -0.1) is 11.3 Å². The Morgan fingerprint density at radius 3 is 2.95 bits per heavy atom. The van der Waals surface area contributed by atoms with E-state index in [9.17, 15) is 4.79 Å². The number of methoxy groups -OCH3 is 1. The van der Waals surface area contributed by atoms with Gasteiger partial charge in [-0.25, -0.2) is 0 Å². The molecule has 4 nitrogen and oxygen atoms in total. The number of nitrogens with one attached hydrogen (secondary N) is 1. The fourth-order valence-corrected chi connectivity index (χ4v) is 2.65. The Kier molecular flexibility index (Phi) is 7.97. The molecule has 0 radical (unpaired) electrons. The fourth-order valence-electron chi connectivity index (χ4n) is 1.69. The molecule has 0 aliphatic rings. The van der Waals surface area contributed by atoms with E-state index in [1.54, 1.807) is 7.11 Å². The van der Waals surface area contributed by atoms with Gasteiger partial charge < -0.3 is 15.8 Å². The number of unbranched alkanes of at least 4 members (excludes halogenated alkanes) is 2. The van der Waals surface area contributed by atoms with E-state index in [0.717, 1.165) is 36.3 Å². The molecule has 110 valence electrons. The molecular formula is C15H22N2O2S. The lowest BCUT2D eigenvalue weighted by molar-refractivity contribution is 0.0956. The van der Waals surface area contributed by atoms with Crippen LogP contribution < -0.4 is 11.1 Å².